The Labute approximate surface area is 128 Å². The van der Waals surface area contributed by atoms with Crippen LogP contribution in [0.3, 0.4) is 0 Å². The number of pyridine rings is 1. The van der Waals surface area contributed by atoms with Crippen molar-refractivity contribution in [1.29, 1.82) is 0 Å². The summed E-state index contributed by atoms with van der Waals surface area (Å²) >= 11 is 0. The zero-order chi connectivity index (χ0) is 15.5. The Hall–Kier alpha value is -2.88. The number of aromatic nitrogens is 2. The smallest absolute Gasteiger partial charge is 0.344 e. The molecule has 4 nitrogen and oxygen atoms in total. The monoisotopic (exact) mass is 292 g/mol. The first-order valence-electron chi connectivity index (χ1n) is 7.11. The van der Waals surface area contributed by atoms with Gasteiger partial charge in [0, 0.05) is 6.07 Å². The third kappa shape index (κ3) is 2.51. The molecule has 0 atom stereocenters. The van der Waals surface area contributed by atoms with E-state index in [1.165, 1.54) is 4.40 Å². The fraction of sp³-hybridized carbons (Fsp3) is 0.111. The summed E-state index contributed by atoms with van der Waals surface area (Å²) < 4.78 is 3.11. The van der Waals surface area contributed by atoms with Crippen molar-refractivity contribution < 1.29 is 9.67 Å². The van der Waals surface area contributed by atoms with Gasteiger partial charge in [-0.2, -0.15) is 4.40 Å². The minimum atomic E-state index is -0.260. The average molecular weight is 292 g/mol. The number of fused-ring (bicyclic) bond motifs is 1. The van der Waals surface area contributed by atoms with E-state index in [-0.39, 0.29) is 17.0 Å². The Morgan fingerprint density at radius 2 is 1.86 bits per heavy atom. The van der Waals surface area contributed by atoms with Crippen molar-refractivity contribution in [2.45, 2.75) is 13.5 Å². The second-order valence-corrected chi connectivity index (χ2v) is 5.09. The Bertz CT molecular complexity index is 896. The minimum absolute atomic E-state index is 0.233. The molecule has 0 N–H and O–H groups in total. The van der Waals surface area contributed by atoms with E-state index in [1.807, 2.05) is 48.6 Å². The number of hydrogen-bond acceptors (Lipinski definition) is 2. The molecular formula is C18H16N2O2. The molecule has 22 heavy (non-hydrogen) atoms. The lowest BCUT2D eigenvalue weighted by Crippen LogP contribution is -2.43. The van der Waals surface area contributed by atoms with Gasteiger partial charge in [0.1, 0.15) is 6.54 Å². The fourth-order valence-electron chi connectivity index (χ4n) is 2.44. The molecule has 0 radical (unpaired) electrons. The SMILES string of the molecule is Cc1c([O-])[n+](CC=Cc2ccccc2)c2ccccn2c1=O. The van der Waals surface area contributed by atoms with E-state index in [1.54, 1.807) is 29.8 Å². The molecular weight excluding hydrogens is 276 g/mol. The highest BCUT2D eigenvalue weighted by Crippen LogP contribution is 2.06. The van der Waals surface area contributed by atoms with Gasteiger partial charge in [-0.3, -0.25) is 0 Å². The van der Waals surface area contributed by atoms with Gasteiger partial charge < -0.3 is 5.11 Å². The van der Waals surface area contributed by atoms with Crippen LogP contribution in [0.2, 0.25) is 0 Å². The lowest BCUT2D eigenvalue weighted by atomic mass is 10.2. The maximum atomic E-state index is 12.4. The average Bonchev–Trinajstić information content (AvgIpc) is 2.57. The first-order chi connectivity index (χ1) is 10.7. The fourth-order valence-corrected chi connectivity index (χ4v) is 2.44. The first kappa shape index (κ1) is 14.1. The molecule has 0 spiro atoms. The van der Waals surface area contributed by atoms with Gasteiger partial charge in [0.2, 0.25) is 0 Å². The standard InChI is InChI=1S/C18H16N2O2/c1-14-17(21)19-12-6-5-11-16(19)20(18(14)22)13-7-10-15-8-3-2-4-9-15/h2-12H,13H2,1H3. The maximum Gasteiger partial charge on any atom is 0.344 e. The van der Waals surface area contributed by atoms with Crippen molar-refractivity contribution in [2.24, 2.45) is 0 Å². The van der Waals surface area contributed by atoms with Gasteiger partial charge in [-0.05, 0) is 24.6 Å². The van der Waals surface area contributed by atoms with E-state index in [0.29, 0.717) is 12.2 Å². The van der Waals surface area contributed by atoms with Crippen molar-refractivity contribution in [2.75, 3.05) is 0 Å². The minimum Gasteiger partial charge on any atom is -0.842 e. The third-order valence-corrected chi connectivity index (χ3v) is 3.62. The van der Waals surface area contributed by atoms with Crippen molar-refractivity contribution in [3.05, 3.63) is 82.3 Å². The number of hydrogen-bond donors (Lipinski definition) is 0. The summed E-state index contributed by atoms with van der Waals surface area (Å²) in [7, 11) is 0. The van der Waals surface area contributed by atoms with E-state index in [9.17, 15) is 9.90 Å². The molecule has 0 aliphatic heterocycles. The highest BCUT2D eigenvalue weighted by molar-refractivity contribution is 5.48. The molecule has 0 bridgehead atoms. The topological polar surface area (TPSA) is 48.4 Å². The Balaban J connectivity index is 2.04. The molecule has 0 saturated heterocycles. The van der Waals surface area contributed by atoms with Crippen LogP contribution in [0.4, 0.5) is 0 Å². The highest BCUT2D eigenvalue weighted by Gasteiger charge is 2.14. The summed E-state index contributed by atoms with van der Waals surface area (Å²) in [5, 5.41) is 12.4. The van der Waals surface area contributed by atoms with Gasteiger partial charge in [-0.15, -0.1) is 0 Å². The van der Waals surface area contributed by atoms with Crippen LogP contribution in [-0.2, 0) is 6.54 Å². The summed E-state index contributed by atoms with van der Waals surface area (Å²) in [5.41, 5.74) is 1.64. The normalized spacial score (nSPS) is 11.3. The van der Waals surface area contributed by atoms with Gasteiger partial charge in [-0.1, -0.05) is 42.5 Å². The van der Waals surface area contributed by atoms with E-state index in [4.69, 9.17) is 0 Å². The van der Waals surface area contributed by atoms with Gasteiger partial charge in [-0.25, -0.2) is 9.36 Å². The van der Waals surface area contributed by atoms with Gasteiger partial charge in [0.25, 0.3) is 5.65 Å². The zero-order valence-corrected chi connectivity index (χ0v) is 12.3. The van der Waals surface area contributed by atoms with E-state index in [2.05, 4.69) is 0 Å². The van der Waals surface area contributed by atoms with Crippen molar-refractivity contribution in [3.63, 3.8) is 0 Å². The van der Waals surface area contributed by atoms with E-state index >= 15 is 0 Å². The summed E-state index contributed by atoms with van der Waals surface area (Å²) in [6.07, 6.45) is 5.57. The second-order valence-electron chi connectivity index (χ2n) is 5.09. The van der Waals surface area contributed by atoms with Crippen LogP contribution in [-0.4, -0.2) is 4.40 Å². The predicted molar refractivity (Wildman–Crippen MR) is 83.5 cm³/mol. The predicted octanol–water partition coefficient (Wildman–Crippen LogP) is 1.68. The molecule has 0 unspecified atom stereocenters. The summed E-state index contributed by atoms with van der Waals surface area (Å²) in [6.45, 7) is 1.99. The Kier molecular flexibility index (Phi) is 3.74. The van der Waals surface area contributed by atoms with Crippen LogP contribution < -0.4 is 15.2 Å². The van der Waals surface area contributed by atoms with Crippen molar-refractivity contribution in [1.82, 2.24) is 4.40 Å². The molecule has 110 valence electrons. The number of rotatable bonds is 3. The molecule has 1 aromatic carbocycles. The molecule has 3 aromatic rings. The molecule has 0 aliphatic rings. The second kappa shape index (κ2) is 5.85. The molecule has 3 rings (SSSR count). The highest BCUT2D eigenvalue weighted by atomic mass is 16.3. The van der Waals surface area contributed by atoms with Crippen molar-refractivity contribution >= 4 is 11.7 Å². The van der Waals surface area contributed by atoms with Gasteiger partial charge in [0.05, 0.1) is 17.6 Å². The zero-order valence-electron chi connectivity index (χ0n) is 12.3. The lowest BCUT2D eigenvalue weighted by Gasteiger charge is -2.13. The summed E-state index contributed by atoms with van der Waals surface area (Å²) in [6, 6.07) is 15.3. The van der Waals surface area contributed by atoms with Gasteiger partial charge in [0.15, 0.2) is 0 Å². The number of nitrogens with zero attached hydrogens (tertiary/aromatic N) is 2. The molecule has 2 aromatic heterocycles. The van der Waals surface area contributed by atoms with Crippen molar-refractivity contribution in [3.8, 4) is 5.88 Å². The van der Waals surface area contributed by atoms with Crippen LogP contribution in [0.1, 0.15) is 11.1 Å². The van der Waals surface area contributed by atoms with Crippen LogP contribution >= 0.6 is 0 Å². The molecule has 4 heteroatoms. The number of benzene rings is 1. The number of allylic oxidation sites excluding steroid dienone is 1. The largest absolute Gasteiger partial charge is 0.842 e. The van der Waals surface area contributed by atoms with Crippen LogP contribution in [0.15, 0.2) is 65.6 Å². The lowest BCUT2D eigenvalue weighted by molar-refractivity contribution is -0.708. The first-order valence-corrected chi connectivity index (χ1v) is 7.11. The molecule has 0 amide bonds. The summed E-state index contributed by atoms with van der Waals surface area (Å²) in [4.78, 5) is 12.1. The van der Waals surface area contributed by atoms with Gasteiger partial charge >= 0.3 is 5.56 Å². The van der Waals surface area contributed by atoms with E-state index in [0.717, 1.165) is 5.56 Å². The third-order valence-electron chi connectivity index (χ3n) is 3.62. The molecule has 2 heterocycles. The summed E-state index contributed by atoms with van der Waals surface area (Å²) in [5.74, 6) is -0.242. The maximum absolute atomic E-state index is 12.4. The Morgan fingerprint density at radius 1 is 1.14 bits per heavy atom. The van der Waals surface area contributed by atoms with Crippen LogP contribution in [0, 0.1) is 6.92 Å². The molecule has 0 aliphatic carbocycles. The van der Waals surface area contributed by atoms with Crippen LogP contribution in [0.25, 0.3) is 11.7 Å². The Morgan fingerprint density at radius 3 is 2.64 bits per heavy atom. The molecule has 0 saturated carbocycles. The van der Waals surface area contributed by atoms with Crippen LogP contribution in [0.5, 0.6) is 5.88 Å². The van der Waals surface area contributed by atoms with E-state index < -0.39 is 0 Å². The molecule has 0 fully saturated rings. The quantitative estimate of drug-likeness (QED) is 0.690.